The maximum atomic E-state index is 12.7. The highest BCUT2D eigenvalue weighted by molar-refractivity contribution is 5.83. The van der Waals surface area contributed by atoms with E-state index in [1.165, 1.54) is 12.8 Å². The van der Waals surface area contributed by atoms with Crippen molar-refractivity contribution in [1.82, 2.24) is 10.6 Å². The SMILES string of the molecule is CCC(C)C(C(=O)NCC1CCCNC1)c1ccccc1. The Morgan fingerprint density at radius 1 is 1.38 bits per heavy atom. The molecule has 2 rings (SSSR count). The summed E-state index contributed by atoms with van der Waals surface area (Å²) in [4.78, 5) is 12.7. The Bertz CT molecular complexity index is 426. The number of benzene rings is 1. The van der Waals surface area contributed by atoms with E-state index >= 15 is 0 Å². The van der Waals surface area contributed by atoms with Crippen LogP contribution in [-0.2, 0) is 4.79 Å². The fourth-order valence-corrected chi connectivity index (χ4v) is 3.09. The van der Waals surface area contributed by atoms with Gasteiger partial charge in [-0.1, -0.05) is 50.6 Å². The summed E-state index contributed by atoms with van der Waals surface area (Å²) in [5, 5.41) is 6.59. The molecule has 0 saturated carbocycles. The number of piperidine rings is 1. The summed E-state index contributed by atoms with van der Waals surface area (Å²) in [6.45, 7) is 7.26. The van der Waals surface area contributed by atoms with Gasteiger partial charge in [0.25, 0.3) is 0 Å². The Hall–Kier alpha value is -1.35. The molecule has 1 aromatic carbocycles. The summed E-state index contributed by atoms with van der Waals surface area (Å²) < 4.78 is 0. The monoisotopic (exact) mass is 288 g/mol. The normalized spacial score (nSPS) is 21.5. The standard InChI is InChI=1S/C18H28N2O/c1-3-14(2)17(16-9-5-4-6-10-16)18(21)20-13-15-8-7-11-19-12-15/h4-6,9-10,14-15,17,19H,3,7-8,11-13H2,1-2H3,(H,20,21). The van der Waals surface area contributed by atoms with Gasteiger partial charge in [0.1, 0.15) is 0 Å². The van der Waals surface area contributed by atoms with Crippen LogP contribution in [0.4, 0.5) is 0 Å². The van der Waals surface area contributed by atoms with Crippen LogP contribution in [0.15, 0.2) is 30.3 Å². The first kappa shape index (κ1) is 16.0. The zero-order valence-corrected chi connectivity index (χ0v) is 13.3. The number of hydrogen-bond acceptors (Lipinski definition) is 2. The van der Waals surface area contributed by atoms with Gasteiger partial charge in [0.05, 0.1) is 5.92 Å². The molecule has 3 heteroatoms. The molecule has 0 radical (unpaired) electrons. The Morgan fingerprint density at radius 3 is 2.76 bits per heavy atom. The van der Waals surface area contributed by atoms with Crippen molar-refractivity contribution < 1.29 is 4.79 Å². The average molecular weight is 288 g/mol. The fraction of sp³-hybridized carbons (Fsp3) is 0.611. The highest BCUT2D eigenvalue weighted by atomic mass is 16.1. The van der Waals surface area contributed by atoms with E-state index in [0.717, 1.165) is 31.6 Å². The molecule has 1 aliphatic rings. The van der Waals surface area contributed by atoms with Gasteiger partial charge in [-0.15, -0.1) is 0 Å². The summed E-state index contributed by atoms with van der Waals surface area (Å²) >= 11 is 0. The van der Waals surface area contributed by atoms with Gasteiger partial charge in [-0.3, -0.25) is 4.79 Å². The van der Waals surface area contributed by atoms with Gasteiger partial charge in [-0.25, -0.2) is 0 Å². The first-order chi connectivity index (χ1) is 10.2. The van der Waals surface area contributed by atoms with Crippen LogP contribution >= 0.6 is 0 Å². The van der Waals surface area contributed by atoms with Crippen molar-refractivity contribution >= 4 is 5.91 Å². The average Bonchev–Trinajstić information content (AvgIpc) is 2.55. The van der Waals surface area contributed by atoms with Crippen molar-refractivity contribution in [1.29, 1.82) is 0 Å². The molecule has 1 saturated heterocycles. The molecule has 0 aliphatic carbocycles. The Balaban J connectivity index is 1.97. The van der Waals surface area contributed by atoms with Crippen LogP contribution in [0.25, 0.3) is 0 Å². The molecule has 0 bridgehead atoms. The summed E-state index contributed by atoms with van der Waals surface area (Å²) in [5.41, 5.74) is 1.13. The fourth-order valence-electron chi connectivity index (χ4n) is 3.09. The number of amides is 1. The van der Waals surface area contributed by atoms with Gasteiger partial charge in [-0.05, 0) is 43.3 Å². The molecular formula is C18H28N2O. The molecule has 116 valence electrons. The second-order valence-corrected chi connectivity index (χ2v) is 6.23. The minimum atomic E-state index is -0.0345. The van der Waals surface area contributed by atoms with E-state index in [1.807, 2.05) is 18.2 Å². The number of carbonyl (C=O) groups is 1. The molecule has 0 spiro atoms. The molecule has 0 aromatic heterocycles. The minimum Gasteiger partial charge on any atom is -0.355 e. The Labute approximate surface area is 128 Å². The first-order valence-electron chi connectivity index (χ1n) is 8.25. The zero-order chi connectivity index (χ0) is 15.1. The number of hydrogen-bond donors (Lipinski definition) is 2. The van der Waals surface area contributed by atoms with Crippen LogP contribution in [0.5, 0.6) is 0 Å². The lowest BCUT2D eigenvalue weighted by atomic mass is 9.84. The number of nitrogens with one attached hydrogen (secondary N) is 2. The molecule has 3 unspecified atom stereocenters. The van der Waals surface area contributed by atoms with Crippen molar-refractivity contribution in [3.63, 3.8) is 0 Å². The lowest BCUT2D eigenvalue weighted by Gasteiger charge is -2.26. The summed E-state index contributed by atoms with van der Waals surface area (Å²) in [5.74, 6) is 1.09. The van der Waals surface area contributed by atoms with Gasteiger partial charge in [-0.2, -0.15) is 0 Å². The van der Waals surface area contributed by atoms with E-state index in [-0.39, 0.29) is 11.8 Å². The molecule has 21 heavy (non-hydrogen) atoms. The van der Waals surface area contributed by atoms with E-state index in [2.05, 4.69) is 36.6 Å². The molecule has 1 fully saturated rings. The van der Waals surface area contributed by atoms with E-state index in [9.17, 15) is 4.79 Å². The third-order valence-corrected chi connectivity index (χ3v) is 4.62. The van der Waals surface area contributed by atoms with Crippen molar-refractivity contribution in [2.75, 3.05) is 19.6 Å². The Kier molecular flexibility index (Phi) is 6.24. The Morgan fingerprint density at radius 2 is 2.14 bits per heavy atom. The van der Waals surface area contributed by atoms with Crippen LogP contribution in [0.3, 0.4) is 0 Å². The third-order valence-electron chi connectivity index (χ3n) is 4.62. The van der Waals surface area contributed by atoms with Crippen molar-refractivity contribution in [2.24, 2.45) is 11.8 Å². The van der Waals surface area contributed by atoms with E-state index < -0.39 is 0 Å². The highest BCUT2D eigenvalue weighted by Gasteiger charge is 2.26. The first-order valence-corrected chi connectivity index (χ1v) is 8.25. The molecule has 1 aromatic rings. The largest absolute Gasteiger partial charge is 0.355 e. The van der Waals surface area contributed by atoms with Crippen molar-refractivity contribution in [3.8, 4) is 0 Å². The van der Waals surface area contributed by atoms with Crippen LogP contribution in [0.1, 0.15) is 44.6 Å². The van der Waals surface area contributed by atoms with Crippen LogP contribution in [0, 0.1) is 11.8 Å². The lowest BCUT2D eigenvalue weighted by molar-refractivity contribution is -0.123. The third kappa shape index (κ3) is 4.57. The minimum absolute atomic E-state index is 0.0345. The lowest BCUT2D eigenvalue weighted by Crippen LogP contribution is -2.40. The smallest absolute Gasteiger partial charge is 0.227 e. The van der Waals surface area contributed by atoms with Gasteiger partial charge in [0, 0.05) is 6.54 Å². The quantitative estimate of drug-likeness (QED) is 0.845. The molecule has 3 nitrogen and oxygen atoms in total. The topological polar surface area (TPSA) is 41.1 Å². The van der Waals surface area contributed by atoms with Crippen LogP contribution in [0.2, 0.25) is 0 Å². The van der Waals surface area contributed by atoms with Gasteiger partial charge < -0.3 is 10.6 Å². The van der Waals surface area contributed by atoms with E-state index in [4.69, 9.17) is 0 Å². The van der Waals surface area contributed by atoms with Gasteiger partial charge in [0.2, 0.25) is 5.91 Å². The highest BCUT2D eigenvalue weighted by Crippen LogP contribution is 2.27. The molecule has 2 N–H and O–H groups in total. The number of carbonyl (C=O) groups excluding carboxylic acids is 1. The van der Waals surface area contributed by atoms with E-state index in [1.54, 1.807) is 0 Å². The van der Waals surface area contributed by atoms with Crippen molar-refractivity contribution in [3.05, 3.63) is 35.9 Å². The molecular weight excluding hydrogens is 260 g/mol. The van der Waals surface area contributed by atoms with Gasteiger partial charge in [0.15, 0.2) is 0 Å². The summed E-state index contributed by atoms with van der Waals surface area (Å²) in [6.07, 6.45) is 3.44. The zero-order valence-electron chi connectivity index (χ0n) is 13.3. The second-order valence-electron chi connectivity index (χ2n) is 6.23. The molecule has 3 atom stereocenters. The van der Waals surface area contributed by atoms with Crippen molar-refractivity contribution in [2.45, 2.75) is 39.0 Å². The predicted octanol–water partition coefficient (Wildman–Crippen LogP) is 2.93. The number of rotatable bonds is 6. The van der Waals surface area contributed by atoms with E-state index in [0.29, 0.717) is 11.8 Å². The maximum absolute atomic E-state index is 12.7. The van der Waals surface area contributed by atoms with Gasteiger partial charge >= 0.3 is 0 Å². The predicted molar refractivity (Wildman–Crippen MR) is 87.2 cm³/mol. The molecule has 1 heterocycles. The molecule has 1 aliphatic heterocycles. The van der Waals surface area contributed by atoms with Crippen LogP contribution in [-0.4, -0.2) is 25.5 Å². The summed E-state index contributed by atoms with van der Waals surface area (Å²) in [7, 11) is 0. The second kappa shape index (κ2) is 8.18. The summed E-state index contributed by atoms with van der Waals surface area (Å²) in [6, 6.07) is 10.2. The molecule has 1 amide bonds. The van der Waals surface area contributed by atoms with Crippen LogP contribution < -0.4 is 10.6 Å². The maximum Gasteiger partial charge on any atom is 0.227 e.